The number of allylic oxidation sites excluding steroid dienone is 1. The molecule has 0 amide bonds. The molecule has 2 aromatic carbocycles. The summed E-state index contributed by atoms with van der Waals surface area (Å²) in [6, 6.07) is 10.9. The van der Waals surface area contributed by atoms with E-state index in [0.717, 1.165) is 15.2 Å². The van der Waals surface area contributed by atoms with Crippen LogP contribution in [0.5, 0.6) is 11.5 Å². The summed E-state index contributed by atoms with van der Waals surface area (Å²) in [5.74, 6) is -0.679. The van der Waals surface area contributed by atoms with Crippen LogP contribution in [0.4, 0.5) is 23.5 Å². The smallest absolute Gasteiger partial charge is 0.387 e. The van der Waals surface area contributed by atoms with Crippen molar-refractivity contribution in [3.63, 3.8) is 0 Å². The van der Waals surface area contributed by atoms with E-state index in [4.69, 9.17) is 0 Å². The average molecular weight is 533 g/mol. The predicted octanol–water partition coefficient (Wildman–Crippen LogP) is 4.54. The lowest BCUT2D eigenvalue weighted by molar-refractivity contribution is -0.0692. The molecule has 0 saturated heterocycles. The van der Waals surface area contributed by atoms with Gasteiger partial charge in [0.05, 0.1) is 0 Å². The molecule has 12 heteroatoms. The molecule has 156 valence electrons. The van der Waals surface area contributed by atoms with Gasteiger partial charge in [-0.3, -0.25) is 0 Å². The Kier molecular flexibility index (Phi) is 5.74. The first-order valence-corrected chi connectivity index (χ1v) is 9.55. The number of halogens is 5. The highest BCUT2D eigenvalue weighted by Crippen LogP contribution is 2.37. The molecule has 0 fully saturated rings. The van der Waals surface area contributed by atoms with Gasteiger partial charge < -0.3 is 14.8 Å². The zero-order chi connectivity index (χ0) is 21.3. The van der Waals surface area contributed by atoms with Gasteiger partial charge in [0.2, 0.25) is 5.95 Å². The second-order valence-electron chi connectivity index (χ2n) is 6.07. The Morgan fingerprint density at radius 2 is 1.67 bits per heavy atom. The van der Waals surface area contributed by atoms with Gasteiger partial charge in [0.1, 0.15) is 6.04 Å². The molecule has 0 radical (unpaired) electrons. The lowest BCUT2D eigenvalue weighted by Crippen LogP contribution is -2.20. The van der Waals surface area contributed by atoms with Crippen molar-refractivity contribution >= 4 is 34.2 Å². The average Bonchev–Trinajstić information content (AvgIpc) is 3.17. The van der Waals surface area contributed by atoms with Crippen molar-refractivity contribution in [3.8, 4) is 11.5 Å². The van der Waals surface area contributed by atoms with Gasteiger partial charge in [-0.1, -0.05) is 23.3 Å². The van der Waals surface area contributed by atoms with Gasteiger partial charge in [0.25, 0.3) is 0 Å². The minimum Gasteiger partial charge on any atom is -0.431 e. The van der Waals surface area contributed by atoms with Crippen LogP contribution in [-0.4, -0.2) is 33.4 Å². The van der Waals surface area contributed by atoms with E-state index in [-0.39, 0.29) is 0 Å². The number of alkyl halides is 4. The van der Waals surface area contributed by atoms with Crippen LogP contribution in [-0.2, 0) is 0 Å². The molecule has 0 bridgehead atoms. The minimum absolute atomic E-state index is 0.334. The number of nitrogens with zero attached hydrogens (tertiary/aromatic N) is 4. The largest absolute Gasteiger partial charge is 0.431 e. The molecule has 1 aliphatic rings. The summed E-state index contributed by atoms with van der Waals surface area (Å²) in [5, 5.41) is 14.6. The van der Waals surface area contributed by atoms with E-state index in [9.17, 15) is 17.6 Å². The highest BCUT2D eigenvalue weighted by molar-refractivity contribution is 14.1. The number of tetrazole rings is 1. The lowest BCUT2D eigenvalue weighted by atomic mass is 10.0. The molecule has 0 unspecified atom stereocenters. The van der Waals surface area contributed by atoms with Crippen LogP contribution in [0, 0.1) is 3.57 Å². The Morgan fingerprint density at radius 1 is 0.967 bits per heavy atom. The Hall–Kier alpha value is -2.90. The number of anilines is 1. The van der Waals surface area contributed by atoms with Gasteiger partial charge >= 0.3 is 13.2 Å². The van der Waals surface area contributed by atoms with Crippen LogP contribution < -0.4 is 14.8 Å². The Balaban J connectivity index is 1.76. The third-order valence-electron chi connectivity index (χ3n) is 4.22. The molecule has 4 rings (SSSR count). The van der Waals surface area contributed by atoms with E-state index in [1.54, 1.807) is 6.08 Å². The first-order chi connectivity index (χ1) is 14.4. The second kappa shape index (κ2) is 8.45. The molecule has 30 heavy (non-hydrogen) atoms. The summed E-state index contributed by atoms with van der Waals surface area (Å²) in [6.45, 7) is -6.40. The number of ether oxygens (including phenoxy) is 2. The number of hydrogen-bond donors (Lipinski definition) is 1. The molecular weight excluding hydrogens is 521 g/mol. The standard InChI is InChI=1S/C18H12F4IN5O2/c19-16(20)29-14-6-3-10(7-15(14)30-17(21)22)13-8-12(9-1-4-11(23)5-2-9)24-18-25-26-27-28(13)18/h1-8,13,16-17H,(H,24,25,27)/t13-/m0/s1. The number of aromatic nitrogens is 4. The van der Waals surface area contributed by atoms with E-state index in [0.29, 0.717) is 17.2 Å². The van der Waals surface area contributed by atoms with Gasteiger partial charge in [0, 0.05) is 9.27 Å². The zero-order valence-electron chi connectivity index (χ0n) is 14.8. The van der Waals surface area contributed by atoms with E-state index < -0.39 is 30.8 Å². The second-order valence-corrected chi connectivity index (χ2v) is 7.31. The molecule has 2 heterocycles. The molecule has 1 aliphatic heterocycles. The summed E-state index contributed by atoms with van der Waals surface area (Å²) in [6.07, 6.45) is 1.79. The summed E-state index contributed by atoms with van der Waals surface area (Å²) in [7, 11) is 0. The van der Waals surface area contributed by atoms with Crippen LogP contribution in [0.15, 0.2) is 48.5 Å². The SMILES string of the molecule is FC(F)Oc1ccc([C@@H]2C=C(c3ccc(I)cc3)Nc3nnnn32)cc1OC(F)F. The lowest BCUT2D eigenvalue weighted by Gasteiger charge is -2.24. The molecule has 1 aromatic heterocycles. The van der Waals surface area contributed by atoms with Gasteiger partial charge in [-0.25, -0.2) is 0 Å². The highest BCUT2D eigenvalue weighted by atomic mass is 127. The van der Waals surface area contributed by atoms with Gasteiger partial charge in [0.15, 0.2) is 11.5 Å². The molecule has 0 saturated carbocycles. The van der Waals surface area contributed by atoms with Crippen LogP contribution in [0.1, 0.15) is 17.2 Å². The van der Waals surface area contributed by atoms with Crippen molar-refractivity contribution in [3.05, 3.63) is 63.2 Å². The van der Waals surface area contributed by atoms with E-state index in [2.05, 4.69) is 52.9 Å². The van der Waals surface area contributed by atoms with E-state index in [1.165, 1.54) is 16.8 Å². The molecule has 1 atom stereocenters. The fourth-order valence-electron chi connectivity index (χ4n) is 2.98. The summed E-state index contributed by atoms with van der Waals surface area (Å²) >= 11 is 2.19. The van der Waals surface area contributed by atoms with E-state index >= 15 is 0 Å². The summed E-state index contributed by atoms with van der Waals surface area (Å²) in [5.41, 5.74) is 1.99. The molecule has 3 aromatic rings. The maximum absolute atomic E-state index is 12.8. The number of hydrogen-bond acceptors (Lipinski definition) is 6. The third kappa shape index (κ3) is 4.32. The number of benzene rings is 2. The van der Waals surface area contributed by atoms with E-state index in [1.807, 2.05) is 24.3 Å². The monoisotopic (exact) mass is 533 g/mol. The fourth-order valence-corrected chi connectivity index (χ4v) is 3.34. The van der Waals surface area contributed by atoms with Gasteiger partial charge in [-0.05, 0) is 74.5 Å². The van der Waals surface area contributed by atoms with Gasteiger partial charge in [-0.2, -0.15) is 22.2 Å². The van der Waals surface area contributed by atoms with Crippen molar-refractivity contribution in [1.82, 2.24) is 20.2 Å². The minimum atomic E-state index is -3.21. The topological polar surface area (TPSA) is 74.1 Å². The van der Waals surface area contributed by atoms with Crippen molar-refractivity contribution < 1.29 is 27.0 Å². The Bertz CT molecular complexity index is 1070. The zero-order valence-corrected chi connectivity index (χ0v) is 17.0. The molecule has 0 spiro atoms. The third-order valence-corrected chi connectivity index (χ3v) is 4.94. The van der Waals surface area contributed by atoms with Crippen molar-refractivity contribution in [2.24, 2.45) is 0 Å². The quantitative estimate of drug-likeness (QED) is 0.371. The molecule has 0 aliphatic carbocycles. The summed E-state index contributed by atoms with van der Waals surface area (Å²) in [4.78, 5) is 0. The van der Waals surface area contributed by atoms with Crippen LogP contribution in [0.25, 0.3) is 5.70 Å². The molecule has 7 nitrogen and oxygen atoms in total. The first kappa shape index (κ1) is 20.4. The van der Waals surface area contributed by atoms with Crippen LogP contribution >= 0.6 is 22.6 Å². The highest BCUT2D eigenvalue weighted by Gasteiger charge is 2.26. The number of nitrogens with one attached hydrogen (secondary N) is 1. The van der Waals surface area contributed by atoms with Crippen molar-refractivity contribution in [1.29, 1.82) is 0 Å². The van der Waals surface area contributed by atoms with Gasteiger partial charge in [-0.15, -0.1) is 0 Å². The van der Waals surface area contributed by atoms with Crippen molar-refractivity contribution in [2.45, 2.75) is 19.3 Å². The normalized spacial score (nSPS) is 15.6. The van der Waals surface area contributed by atoms with Crippen LogP contribution in [0.2, 0.25) is 0 Å². The number of fused-ring (bicyclic) bond motifs is 1. The molecular formula is C18H12F4IN5O2. The number of rotatable bonds is 6. The van der Waals surface area contributed by atoms with Crippen molar-refractivity contribution in [2.75, 3.05) is 5.32 Å². The first-order valence-electron chi connectivity index (χ1n) is 8.47. The molecule has 1 N–H and O–H groups in total. The predicted molar refractivity (Wildman–Crippen MR) is 106 cm³/mol. The summed E-state index contributed by atoms with van der Waals surface area (Å²) < 4.78 is 61.9. The Morgan fingerprint density at radius 3 is 2.37 bits per heavy atom. The maximum Gasteiger partial charge on any atom is 0.387 e. The maximum atomic E-state index is 12.8. The Labute approximate surface area is 180 Å². The van der Waals surface area contributed by atoms with Crippen LogP contribution in [0.3, 0.4) is 0 Å². The fraction of sp³-hybridized carbons (Fsp3) is 0.167.